The Morgan fingerprint density at radius 3 is 0.714 bits per heavy atom. The summed E-state index contributed by atoms with van der Waals surface area (Å²) in [5.74, 6) is 0. The zero-order valence-electron chi connectivity index (χ0n) is 14.4. The van der Waals surface area contributed by atoms with Gasteiger partial charge in [0, 0.05) is 0 Å². The van der Waals surface area contributed by atoms with Crippen molar-refractivity contribution in [1.82, 2.24) is 10.6 Å². The molecule has 0 atom stereocenters. The van der Waals surface area contributed by atoms with Crippen molar-refractivity contribution in [2.75, 3.05) is 26.2 Å². The van der Waals surface area contributed by atoms with E-state index in [4.69, 9.17) is 0 Å². The van der Waals surface area contributed by atoms with Gasteiger partial charge in [-0.15, -0.1) is 0 Å². The minimum atomic E-state index is 1.21. The van der Waals surface area contributed by atoms with Crippen molar-refractivity contribution in [2.45, 2.75) is 96.3 Å². The second kappa shape index (κ2) is 16.3. The Balaban J connectivity index is 2.00. The van der Waals surface area contributed by atoms with Crippen molar-refractivity contribution in [2.24, 2.45) is 0 Å². The Morgan fingerprint density at radius 1 is 0.238 bits per heavy atom. The van der Waals surface area contributed by atoms with E-state index in [9.17, 15) is 0 Å². The number of rotatable bonds is 0. The van der Waals surface area contributed by atoms with Gasteiger partial charge in [-0.3, -0.25) is 0 Å². The molecule has 1 heterocycles. The molecule has 2 nitrogen and oxygen atoms in total. The maximum atomic E-state index is 3.59. The fourth-order valence-electron chi connectivity index (χ4n) is 3.19. The highest BCUT2D eigenvalue weighted by Gasteiger charge is 1.96. The summed E-state index contributed by atoms with van der Waals surface area (Å²) in [6.45, 7) is 4.88. The molecule has 126 valence electrons. The van der Waals surface area contributed by atoms with Crippen molar-refractivity contribution in [1.29, 1.82) is 0 Å². The van der Waals surface area contributed by atoms with Gasteiger partial charge in [-0.05, 0) is 51.9 Å². The zero-order chi connectivity index (χ0) is 14.8. The molecule has 1 saturated heterocycles. The highest BCUT2D eigenvalue weighted by Crippen LogP contribution is 2.12. The average molecular weight is 297 g/mol. The fourth-order valence-corrected chi connectivity index (χ4v) is 3.19. The maximum absolute atomic E-state index is 3.59. The molecule has 1 aliphatic rings. The third kappa shape index (κ3) is 14.6. The predicted molar refractivity (Wildman–Crippen MR) is 95.0 cm³/mol. The van der Waals surface area contributed by atoms with Crippen LogP contribution in [0.3, 0.4) is 0 Å². The molecule has 2 heteroatoms. The van der Waals surface area contributed by atoms with Crippen LogP contribution in [0.4, 0.5) is 0 Å². The summed E-state index contributed by atoms with van der Waals surface area (Å²) in [7, 11) is 0. The molecule has 0 aromatic heterocycles. The minimum Gasteiger partial charge on any atom is -0.317 e. The van der Waals surface area contributed by atoms with Gasteiger partial charge in [0.15, 0.2) is 0 Å². The molecule has 21 heavy (non-hydrogen) atoms. The van der Waals surface area contributed by atoms with Gasteiger partial charge in [0.2, 0.25) is 0 Å². The van der Waals surface area contributed by atoms with Crippen molar-refractivity contribution in [3.8, 4) is 0 Å². The molecule has 0 spiro atoms. The summed E-state index contributed by atoms with van der Waals surface area (Å²) in [4.78, 5) is 0. The van der Waals surface area contributed by atoms with Crippen LogP contribution in [0.5, 0.6) is 0 Å². The first-order valence-corrected chi connectivity index (χ1v) is 9.91. The van der Waals surface area contributed by atoms with Gasteiger partial charge >= 0.3 is 0 Å². The lowest BCUT2D eigenvalue weighted by molar-refractivity contribution is 0.530. The van der Waals surface area contributed by atoms with E-state index in [1.807, 2.05) is 0 Å². The average Bonchev–Trinajstić information content (AvgIpc) is 2.50. The van der Waals surface area contributed by atoms with E-state index in [0.29, 0.717) is 0 Å². The number of hydrogen-bond donors (Lipinski definition) is 2. The highest BCUT2D eigenvalue weighted by molar-refractivity contribution is 4.55. The summed E-state index contributed by atoms with van der Waals surface area (Å²) in [6, 6.07) is 0. The summed E-state index contributed by atoms with van der Waals surface area (Å²) < 4.78 is 0. The Labute approximate surface area is 133 Å². The molecule has 2 N–H and O–H groups in total. The lowest BCUT2D eigenvalue weighted by Gasteiger charge is -2.06. The minimum absolute atomic E-state index is 1.21. The van der Waals surface area contributed by atoms with Gasteiger partial charge in [0.25, 0.3) is 0 Å². The Bertz CT molecular complexity index is 102. The summed E-state index contributed by atoms with van der Waals surface area (Å²) in [5.41, 5.74) is 0. The van der Waals surface area contributed by atoms with E-state index in [1.165, 1.54) is 122 Å². The van der Waals surface area contributed by atoms with Crippen LogP contribution < -0.4 is 10.6 Å². The van der Waals surface area contributed by atoms with Crippen LogP contribution in [0.25, 0.3) is 0 Å². The summed E-state index contributed by atoms with van der Waals surface area (Å²) in [5, 5.41) is 7.18. The first-order valence-electron chi connectivity index (χ1n) is 9.91. The van der Waals surface area contributed by atoms with Gasteiger partial charge in [-0.1, -0.05) is 70.6 Å². The zero-order valence-corrected chi connectivity index (χ0v) is 14.4. The molecule has 1 aliphatic heterocycles. The quantitative estimate of drug-likeness (QED) is 0.655. The van der Waals surface area contributed by atoms with Crippen molar-refractivity contribution < 1.29 is 0 Å². The van der Waals surface area contributed by atoms with Crippen LogP contribution in [0, 0.1) is 0 Å². The van der Waals surface area contributed by atoms with Gasteiger partial charge in [0.05, 0.1) is 0 Å². The molecule has 1 fully saturated rings. The van der Waals surface area contributed by atoms with Gasteiger partial charge in [-0.2, -0.15) is 0 Å². The predicted octanol–water partition coefficient (Wildman–Crippen LogP) is 5.03. The van der Waals surface area contributed by atoms with Crippen LogP contribution in [0.2, 0.25) is 0 Å². The Morgan fingerprint density at radius 2 is 0.429 bits per heavy atom. The molecular weight excluding hydrogens is 256 g/mol. The molecule has 0 saturated carbocycles. The van der Waals surface area contributed by atoms with E-state index in [-0.39, 0.29) is 0 Å². The fraction of sp³-hybridized carbons (Fsp3) is 1.00. The second-order valence-corrected chi connectivity index (χ2v) is 6.80. The molecule has 0 amide bonds. The summed E-state index contributed by atoms with van der Waals surface area (Å²) in [6.07, 6.45) is 21.4. The molecule has 0 aromatic rings. The van der Waals surface area contributed by atoms with E-state index in [0.717, 1.165) is 0 Å². The van der Waals surface area contributed by atoms with Gasteiger partial charge < -0.3 is 10.6 Å². The molecule has 0 aromatic carbocycles. The number of hydrogen-bond acceptors (Lipinski definition) is 2. The number of nitrogens with one attached hydrogen (secondary N) is 2. The molecule has 0 aliphatic carbocycles. The Kier molecular flexibility index (Phi) is 14.7. The van der Waals surface area contributed by atoms with Crippen molar-refractivity contribution in [3.05, 3.63) is 0 Å². The van der Waals surface area contributed by atoms with Crippen LogP contribution in [-0.4, -0.2) is 26.2 Å². The SMILES string of the molecule is C1CCCCCCCNCCCCNCCCCCCC1. The highest BCUT2D eigenvalue weighted by atomic mass is 14.9. The van der Waals surface area contributed by atoms with Crippen LogP contribution >= 0.6 is 0 Å². The monoisotopic (exact) mass is 296 g/mol. The Hall–Kier alpha value is -0.0800. The van der Waals surface area contributed by atoms with Crippen molar-refractivity contribution >= 4 is 0 Å². The van der Waals surface area contributed by atoms with E-state index in [2.05, 4.69) is 10.6 Å². The van der Waals surface area contributed by atoms with Crippen LogP contribution in [-0.2, 0) is 0 Å². The molecule has 0 bridgehead atoms. The first kappa shape index (κ1) is 19.0. The second-order valence-electron chi connectivity index (χ2n) is 6.80. The normalized spacial score (nSPS) is 24.0. The molecule has 0 radical (unpaired) electrons. The van der Waals surface area contributed by atoms with Crippen LogP contribution in [0.15, 0.2) is 0 Å². The van der Waals surface area contributed by atoms with Crippen LogP contribution in [0.1, 0.15) is 96.3 Å². The standard InChI is InChI=1S/C19H40N2/c1-2-4-6-8-10-12-16-20-18-14-15-19-21-17-13-11-9-7-5-3-1/h20-21H,1-19H2. The lowest BCUT2D eigenvalue weighted by atomic mass is 10.0. The largest absolute Gasteiger partial charge is 0.317 e. The smallest absolute Gasteiger partial charge is 0.00484 e. The van der Waals surface area contributed by atoms with Gasteiger partial charge in [-0.25, -0.2) is 0 Å². The van der Waals surface area contributed by atoms with E-state index >= 15 is 0 Å². The van der Waals surface area contributed by atoms with Crippen molar-refractivity contribution in [3.63, 3.8) is 0 Å². The lowest BCUT2D eigenvalue weighted by Crippen LogP contribution is -2.20. The summed E-state index contributed by atoms with van der Waals surface area (Å²) >= 11 is 0. The third-order valence-electron chi connectivity index (χ3n) is 4.66. The first-order chi connectivity index (χ1) is 10.5. The van der Waals surface area contributed by atoms with E-state index in [1.54, 1.807) is 0 Å². The topological polar surface area (TPSA) is 24.1 Å². The van der Waals surface area contributed by atoms with Gasteiger partial charge in [0.1, 0.15) is 0 Å². The molecular formula is C19H40N2. The maximum Gasteiger partial charge on any atom is -0.00484 e. The third-order valence-corrected chi connectivity index (χ3v) is 4.66. The molecule has 1 rings (SSSR count). The van der Waals surface area contributed by atoms with E-state index < -0.39 is 0 Å². The molecule has 0 unspecified atom stereocenters.